The van der Waals surface area contributed by atoms with E-state index in [1.54, 1.807) is 29.4 Å². The van der Waals surface area contributed by atoms with Gasteiger partial charge in [0.15, 0.2) is 0 Å². The average Bonchev–Trinajstić information content (AvgIpc) is 2.74. The van der Waals surface area contributed by atoms with Gasteiger partial charge >= 0.3 is 0 Å². The van der Waals surface area contributed by atoms with Gasteiger partial charge in [0.05, 0.1) is 4.90 Å². The Morgan fingerprint density at radius 3 is 2.65 bits per heavy atom. The van der Waals surface area contributed by atoms with Gasteiger partial charge in [-0.1, -0.05) is 17.7 Å². The zero-order chi connectivity index (χ0) is 14.2. The molecule has 0 spiro atoms. The number of sulfonamides is 1. The van der Waals surface area contributed by atoms with Crippen LogP contribution < -0.4 is 5.73 Å². The third-order valence-corrected chi connectivity index (χ3v) is 6.28. The van der Waals surface area contributed by atoms with Crippen molar-refractivity contribution >= 4 is 34.0 Å². The van der Waals surface area contributed by atoms with Gasteiger partial charge in [0.1, 0.15) is 0 Å². The van der Waals surface area contributed by atoms with Gasteiger partial charge in [-0.15, -0.1) is 12.4 Å². The average molecular weight is 339 g/mol. The third-order valence-electron chi connectivity index (χ3n) is 3.74. The molecule has 1 aliphatic heterocycles. The Bertz CT molecular complexity index is 578. The van der Waals surface area contributed by atoms with Crippen molar-refractivity contribution in [3.05, 3.63) is 28.8 Å². The summed E-state index contributed by atoms with van der Waals surface area (Å²) in [5.74, 6) is 0.240. The minimum absolute atomic E-state index is 0. The van der Waals surface area contributed by atoms with Crippen LogP contribution in [0, 0.1) is 12.8 Å². The summed E-state index contributed by atoms with van der Waals surface area (Å²) in [4.78, 5) is 0.296. The fourth-order valence-electron chi connectivity index (χ4n) is 2.61. The second-order valence-corrected chi connectivity index (χ2v) is 7.39. The Labute approximate surface area is 131 Å². The van der Waals surface area contributed by atoms with Gasteiger partial charge in [-0.2, -0.15) is 4.31 Å². The van der Waals surface area contributed by atoms with E-state index in [-0.39, 0.29) is 24.4 Å². The molecule has 2 rings (SSSR count). The maximum Gasteiger partial charge on any atom is 0.243 e. The summed E-state index contributed by atoms with van der Waals surface area (Å²) in [6.07, 6.45) is 0.815. The molecule has 114 valence electrons. The molecule has 1 heterocycles. The summed E-state index contributed by atoms with van der Waals surface area (Å²) in [6, 6.07) is 4.96. The fraction of sp³-hybridized carbons (Fsp3) is 0.538. The van der Waals surface area contributed by atoms with Gasteiger partial charge in [-0.3, -0.25) is 0 Å². The van der Waals surface area contributed by atoms with Crippen LogP contribution in [0.15, 0.2) is 23.1 Å². The molecule has 0 saturated carbocycles. The summed E-state index contributed by atoms with van der Waals surface area (Å²) in [5.41, 5.74) is 6.26. The van der Waals surface area contributed by atoms with Crippen LogP contribution >= 0.6 is 24.0 Å². The standard InChI is InChI=1S/C13H19ClN2O2S.ClH/c1-9-6-11(7-15)8-16(9)19(17,18)13-5-3-4-12(14)10(13)2;/h3-5,9,11H,6-8,15H2,1-2H3;1H. The van der Waals surface area contributed by atoms with Crippen molar-refractivity contribution in [2.24, 2.45) is 11.7 Å². The molecule has 0 radical (unpaired) electrons. The van der Waals surface area contributed by atoms with Crippen molar-refractivity contribution in [1.82, 2.24) is 4.31 Å². The molecule has 0 aliphatic carbocycles. The van der Waals surface area contributed by atoms with E-state index in [0.717, 1.165) is 6.42 Å². The van der Waals surface area contributed by atoms with Crippen molar-refractivity contribution in [2.75, 3.05) is 13.1 Å². The van der Waals surface area contributed by atoms with E-state index in [1.165, 1.54) is 0 Å². The molecule has 1 aromatic carbocycles. The highest BCUT2D eigenvalue weighted by Crippen LogP contribution is 2.32. The van der Waals surface area contributed by atoms with Crippen molar-refractivity contribution in [3.8, 4) is 0 Å². The predicted octanol–water partition coefficient (Wildman–Crippen LogP) is 2.43. The highest BCUT2D eigenvalue weighted by atomic mass is 35.5. The highest BCUT2D eigenvalue weighted by molar-refractivity contribution is 7.89. The van der Waals surface area contributed by atoms with Gasteiger partial charge < -0.3 is 5.73 Å². The predicted molar refractivity (Wildman–Crippen MR) is 84.0 cm³/mol. The molecule has 0 amide bonds. The number of nitrogens with two attached hydrogens (primary N) is 1. The maximum atomic E-state index is 12.7. The van der Waals surface area contributed by atoms with E-state index in [4.69, 9.17) is 17.3 Å². The molecule has 1 aliphatic rings. The Morgan fingerprint density at radius 1 is 1.45 bits per heavy atom. The van der Waals surface area contributed by atoms with Crippen LogP contribution in [0.25, 0.3) is 0 Å². The van der Waals surface area contributed by atoms with E-state index >= 15 is 0 Å². The first kappa shape index (κ1) is 17.7. The molecule has 1 saturated heterocycles. The minimum atomic E-state index is -3.49. The Morgan fingerprint density at radius 2 is 2.10 bits per heavy atom. The van der Waals surface area contributed by atoms with Crippen LogP contribution in [-0.4, -0.2) is 31.9 Å². The lowest BCUT2D eigenvalue weighted by Crippen LogP contribution is -2.34. The van der Waals surface area contributed by atoms with Gasteiger partial charge in [-0.05, 0) is 50.4 Å². The second kappa shape index (κ2) is 6.62. The molecule has 20 heavy (non-hydrogen) atoms. The number of benzene rings is 1. The summed E-state index contributed by atoms with van der Waals surface area (Å²) in [7, 11) is -3.49. The minimum Gasteiger partial charge on any atom is -0.330 e. The van der Waals surface area contributed by atoms with Crippen LogP contribution in [0.1, 0.15) is 18.9 Å². The molecule has 0 bridgehead atoms. The number of hydrogen-bond donors (Lipinski definition) is 1. The second-order valence-electron chi connectivity index (χ2n) is 5.12. The fourth-order valence-corrected chi connectivity index (χ4v) is 4.81. The topological polar surface area (TPSA) is 63.4 Å². The van der Waals surface area contributed by atoms with E-state index in [1.807, 2.05) is 6.92 Å². The van der Waals surface area contributed by atoms with E-state index < -0.39 is 10.0 Å². The lowest BCUT2D eigenvalue weighted by atomic mass is 10.1. The molecule has 0 aromatic heterocycles. The van der Waals surface area contributed by atoms with Crippen LogP contribution in [0.5, 0.6) is 0 Å². The molecule has 4 nitrogen and oxygen atoms in total. The first-order valence-corrected chi connectivity index (χ1v) is 8.16. The van der Waals surface area contributed by atoms with Crippen LogP contribution in [0.4, 0.5) is 0 Å². The van der Waals surface area contributed by atoms with Crippen molar-refractivity contribution in [1.29, 1.82) is 0 Å². The first-order chi connectivity index (χ1) is 8.87. The lowest BCUT2D eigenvalue weighted by molar-refractivity contribution is 0.404. The summed E-state index contributed by atoms with van der Waals surface area (Å²) < 4.78 is 27.0. The SMILES string of the molecule is Cc1c(Cl)cccc1S(=O)(=O)N1CC(CN)CC1C.Cl. The summed E-state index contributed by atoms with van der Waals surface area (Å²) >= 11 is 6.02. The smallest absolute Gasteiger partial charge is 0.243 e. The number of halogens is 2. The van der Waals surface area contributed by atoms with Crippen LogP contribution in [0.2, 0.25) is 5.02 Å². The number of nitrogens with zero attached hydrogens (tertiary/aromatic N) is 1. The third kappa shape index (κ3) is 3.12. The molecule has 2 N–H and O–H groups in total. The highest BCUT2D eigenvalue weighted by Gasteiger charge is 2.37. The van der Waals surface area contributed by atoms with Gasteiger partial charge in [0.2, 0.25) is 10.0 Å². The summed E-state index contributed by atoms with van der Waals surface area (Å²) in [6.45, 7) is 4.67. The van der Waals surface area contributed by atoms with E-state index in [0.29, 0.717) is 28.6 Å². The van der Waals surface area contributed by atoms with Crippen molar-refractivity contribution in [2.45, 2.75) is 31.2 Å². The Balaban J connectivity index is 0.00000200. The molecule has 2 atom stereocenters. The quantitative estimate of drug-likeness (QED) is 0.920. The lowest BCUT2D eigenvalue weighted by Gasteiger charge is -2.22. The summed E-state index contributed by atoms with van der Waals surface area (Å²) in [5, 5.41) is 0.475. The monoisotopic (exact) mass is 338 g/mol. The van der Waals surface area contributed by atoms with E-state index in [2.05, 4.69) is 0 Å². The Hall–Kier alpha value is -0.330. The number of hydrogen-bond acceptors (Lipinski definition) is 3. The molecule has 1 aromatic rings. The van der Waals surface area contributed by atoms with Gasteiger partial charge in [0.25, 0.3) is 0 Å². The Kier molecular flexibility index (Phi) is 5.87. The zero-order valence-corrected chi connectivity index (χ0v) is 13.9. The normalized spacial score (nSPS) is 23.6. The number of rotatable bonds is 3. The van der Waals surface area contributed by atoms with Gasteiger partial charge in [-0.25, -0.2) is 8.42 Å². The van der Waals surface area contributed by atoms with Gasteiger partial charge in [0, 0.05) is 17.6 Å². The van der Waals surface area contributed by atoms with E-state index in [9.17, 15) is 8.42 Å². The first-order valence-electron chi connectivity index (χ1n) is 6.35. The molecular formula is C13H20Cl2N2O2S. The van der Waals surface area contributed by atoms with Crippen LogP contribution in [0.3, 0.4) is 0 Å². The molecule has 7 heteroatoms. The van der Waals surface area contributed by atoms with Crippen molar-refractivity contribution < 1.29 is 8.42 Å². The molecule has 1 fully saturated rings. The zero-order valence-electron chi connectivity index (χ0n) is 11.5. The van der Waals surface area contributed by atoms with Crippen LogP contribution in [-0.2, 0) is 10.0 Å². The van der Waals surface area contributed by atoms with Crippen molar-refractivity contribution in [3.63, 3.8) is 0 Å². The molecular weight excluding hydrogens is 319 g/mol. The largest absolute Gasteiger partial charge is 0.330 e. The maximum absolute atomic E-state index is 12.7. The molecule has 2 unspecified atom stereocenters.